The fraction of sp³-hybridized carbons (Fsp3) is 0.143. The van der Waals surface area contributed by atoms with E-state index in [4.69, 9.17) is 9.68 Å². The van der Waals surface area contributed by atoms with Gasteiger partial charge in [0.05, 0.1) is 23.5 Å². The Hall–Kier alpha value is -2.75. The summed E-state index contributed by atoms with van der Waals surface area (Å²) in [7, 11) is 0. The number of carbonyl (C=O) groups excluding carboxylic acids is 1. The van der Waals surface area contributed by atoms with Gasteiger partial charge in [-0.1, -0.05) is 0 Å². The fourth-order valence-electron chi connectivity index (χ4n) is 1.75. The molecule has 108 valence electrons. The number of nitrogens with one attached hydrogen (secondary N) is 1. The van der Waals surface area contributed by atoms with Gasteiger partial charge in [-0.05, 0) is 31.2 Å². The summed E-state index contributed by atoms with van der Waals surface area (Å²) < 4.78 is 43.4. The predicted octanol–water partition coefficient (Wildman–Crippen LogP) is 3.73. The minimum atomic E-state index is -4.67. The van der Waals surface area contributed by atoms with Crippen molar-refractivity contribution in [2.24, 2.45) is 0 Å². The first-order chi connectivity index (χ1) is 9.82. The molecule has 21 heavy (non-hydrogen) atoms. The molecule has 0 aliphatic heterocycles. The van der Waals surface area contributed by atoms with Gasteiger partial charge in [0, 0.05) is 11.3 Å². The quantitative estimate of drug-likeness (QED) is 0.917. The van der Waals surface area contributed by atoms with Crippen molar-refractivity contribution < 1.29 is 22.4 Å². The van der Waals surface area contributed by atoms with Crippen molar-refractivity contribution in [2.45, 2.75) is 13.1 Å². The van der Waals surface area contributed by atoms with Crippen LogP contribution < -0.4 is 5.32 Å². The smallest absolute Gasteiger partial charge is 0.417 e. The molecule has 0 saturated carbocycles. The second-order valence-electron chi connectivity index (χ2n) is 4.26. The highest BCUT2D eigenvalue weighted by Gasteiger charge is 2.34. The standard InChI is InChI=1S/C14H9F3N2O2/c1-8-4-5-21-12(8)13(20)19-10-3-2-9(7-18)11(6-10)14(15,16)17/h2-6H,1H3,(H,19,20). The Morgan fingerprint density at radius 3 is 2.57 bits per heavy atom. The maximum atomic E-state index is 12.8. The van der Waals surface area contributed by atoms with E-state index < -0.39 is 23.2 Å². The van der Waals surface area contributed by atoms with Crippen LogP contribution >= 0.6 is 0 Å². The molecule has 2 aromatic rings. The molecule has 0 aliphatic carbocycles. The van der Waals surface area contributed by atoms with Crippen molar-refractivity contribution in [2.75, 3.05) is 5.32 Å². The van der Waals surface area contributed by atoms with E-state index in [2.05, 4.69) is 5.32 Å². The second-order valence-corrected chi connectivity index (χ2v) is 4.26. The normalized spacial score (nSPS) is 11.0. The fourth-order valence-corrected chi connectivity index (χ4v) is 1.75. The first kappa shape index (κ1) is 14.7. The summed E-state index contributed by atoms with van der Waals surface area (Å²) >= 11 is 0. The number of aryl methyl sites for hydroxylation is 1. The third kappa shape index (κ3) is 3.05. The molecule has 7 heteroatoms. The first-order valence-electron chi connectivity index (χ1n) is 5.79. The van der Waals surface area contributed by atoms with Crippen molar-refractivity contribution in [3.63, 3.8) is 0 Å². The summed E-state index contributed by atoms with van der Waals surface area (Å²) in [6.45, 7) is 1.64. The molecular weight excluding hydrogens is 285 g/mol. The third-order valence-electron chi connectivity index (χ3n) is 2.77. The van der Waals surface area contributed by atoms with Gasteiger partial charge in [-0.25, -0.2) is 0 Å². The number of hydrogen-bond acceptors (Lipinski definition) is 3. The SMILES string of the molecule is Cc1ccoc1C(=O)Nc1ccc(C#N)c(C(F)(F)F)c1. The Bertz CT molecular complexity index is 727. The van der Waals surface area contributed by atoms with E-state index in [0.29, 0.717) is 11.6 Å². The van der Waals surface area contributed by atoms with Crippen LogP contribution in [0.1, 0.15) is 27.2 Å². The maximum Gasteiger partial charge on any atom is 0.417 e. The van der Waals surface area contributed by atoms with Crippen molar-refractivity contribution in [1.29, 1.82) is 5.26 Å². The van der Waals surface area contributed by atoms with Crippen molar-refractivity contribution in [1.82, 2.24) is 0 Å². The number of rotatable bonds is 2. The molecule has 0 saturated heterocycles. The molecule has 1 heterocycles. The Kier molecular flexibility index (Phi) is 3.72. The number of amides is 1. The number of nitrogens with zero attached hydrogens (tertiary/aromatic N) is 1. The lowest BCUT2D eigenvalue weighted by molar-refractivity contribution is -0.137. The van der Waals surface area contributed by atoms with Crippen LogP contribution in [0.3, 0.4) is 0 Å². The molecule has 0 aliphatic rings. The number of hydrogen-bond donors (Lipinski definition) is 1. The predicted molar refractivity (Wildman–Crippen MR) is 67.6 cm³/mol. The molecule has 0 atom stereocenters. The largest absolute Gasteiger partial charge is 0.459 e. The van der Waals surface area contributed by atoms with Crippen molar-refractivity contribution in [3.8, 4) is 6.07 Å². The zero-order chi connectivity index (χ0) is 15.6. The molecule has 1 aromatic carbocycles. The number of anilines is 1. The van der Waals surface area contributed by atoms with E-state index in [-0.39, 0.29) is 11.4 Å². The molecule has 0 unspecified atom stereocenters. The third-order valence-corrected chi connectivity index (χ3v) is 2.77. The highest BCUT2D eigenvalue weighted by molar-refractivity contribution is 6.03. The van der Waals surface area contributed by atoms with Crippen LogP contribution in [0.25, 0.3) is 0 Å². The number of furan rings is 1. The molecular formula is C14H9F3N2O2. The minimum absolute atomic E-state index is 0.0212. The molecule has 1 aromatic heterocycles. The number of carbonyl (C=O) groups is 1. The van der Waals surface area contributed by atoms with Crippen LogP contribution in [-0.2, 0) is 6.18 Å². The lowest BCUT2D eigenvalue weighted by Crippen LogP contribution is -2.14. The van der Waals surface area contributed by atoms with Gasteiger partial charge in [0.25, 0.3) is 5.91 Å². The summed E-state index contributed by atoms with van der Waals surface area (Å²) in [5.74, 6) is -0.636. The van der Waals surface area contributed by atoms with E-state index in [1.807, 2.05) is 0 Å². The van der Waals surface area contributed by atoms with Crippen molar-refractivity contribution >= 4 is 11.6 Å². The molecule has 0 spiro atoms. The monoisotopic (exact) mass is 294 g/mol. The first-order valence-corrected chi connectivity index (χ1v) is 5.79. The minimum Gasteiger partial charge on any atom is -0.459 e. The van der Waals surface area contributed by atoms with Crippen LogP contribution in [0.2, 0.25) is 0 Å². The Labute approximate surface area is 117 Å². The lowest BCUT2D eigenvalue weighted by Gasteiger charge is -2.11. The second kappa shape index (κ2) is 5.32. The zero-order valence-electron chi connectivity index (χ0n) is 10.8. The van der Waals surface area contributed by atoms with Gasteiger partial charge in [-0.15, -0.1) is 0 Å². The summed E-state index contributed by atoms with van der Waals surface area (Å²) in [6, 6.07) is 5.98. The van der Waals surface area contributed by atoms with Crippen LogP contribution in [-0.4, -0.2) is 5.91 Å². The lowest BCUT2D eigenvalue weighted by atomic mass is 10.1. The van der Waals surface area contributed by atoms with E-state index in [0.717, 1.165) is 6.07 Å². The van der Waals surface area contributed by atoms with Gasteiger partial charge < -0.3 is 9.73 Å². The molecule has 0 radical (unpaired) electrons. The van der Waals surface area contributed by atoms with Gasteiger partial charge in [0.2, 0.25) is 0 Å². The number of nitriles is 1. The Balaban J connectivity index is 2.32. The topological polar surface area (TPSA) is 66.0 Å². The molecule has 0 bridgehead atoms. The average molecular weight is 294 g/mol. The van der Waals surface area contributed by atoms with Crippen LogP contribution in [0, 0.1) is 18.3 Å². The zero-order valence-corrected chi connectivity index (χ0v) is 10.8. The molecule has 1 N–H and O–H groups in total. The van der Waals surface area contributed by atoms with Crippen LogP contribution in [0.15, 0.2) is 34.9 Å². The van der Waals surface area contributed by atoms with E-state index in [1.165, 1.54) is 18.4 Å². The Morgan fingerprint density at radius 1 is 1.33 bits per heavy atom. The van der Waals surface area contributed by atoms with E-state index in [1.54, 1.807) is 13.0 Å². The van der Waals surface area contributed by atoms with Crippen LogP contribution in [0.5, 0.6) is 0 Å². The van der Waals surface area contributed by atoms with Gasteiger partial charge in [0.1, 0.15) is 0 Å². The van der Waals surface area contributed by atoms with Gasteiger partial charge in [-0.2, -0.15) is 18.4 Å². The van der Waals surface area contributed by atoms with Gasteiger partial charge >= 0.3 is 6.18 Å². The molecule has 2 rings (SSSR count). The summed E-state index contributed by atoms with van der Waals surface area (Å²) in [5.41, 5.74) is -1.10. The summed E-state index contributed by atoms with van der Waals surface area (Å²) in [4.78, 5) is 11.9. The van der Waals surface area contributed by atoms with Crippen molar-refractivity contribution in [3.05, 3.63) is 53.0 Å². The van der Waals surface area contributed by atoms with Crippen LogP contribution in [0.4, 0.5) is 18.9 Å². The van der Waals surface area contributed by atoms with E-state index in [9.17, 15) is 18.0 Å². The summed E-state index contributed by atoms with van der Waals surface area (Å²) in [6.07, 6.45) is -3.36. The van der Waals surface area contributed by atoms with E-state index >= 15 is 0 Å². The van der Waals surface area contributed by atoms with Gasteiger partial charge in [0.15, 0.2) is 5.76 Å². The molecule has 1 amide bonds. The van der Waals surface area contributed by atoms with Gasteiger partial charge in [-0.3, -0.25) is 4.79 Å². The molecule has 4 nitrogen and oxygen atoms in total. The number of alkyl halides is 3. The molecule has 0 fully saturated rings. The Morgan fingerprint density at radius 2 is 2.05 bits per heavy atom. The summed E-state index contributed by atoms with van der Waals surface area (Å²) in [5, 5.41) is 11.0. The maximum absolute atomic E-state index is 12.8. The highest BCUT2D eigenvalue weighted by atomic mass is 19.4. The highest BCUT2D eigenvalue weighted by Crippen LogP contribution is 2.33. The number of halogens is 3. The number of benzene rings is 1. The average Bonchev–Trinajstić information content (AvgIpc) is 2.84.